The van der Waals surface area contributed by atoms with Gasteiger partial charge < -0.3 is 20.3 Å². The van der Waals surface area contributed by atoms with Crippen LogP contribution in [0.3, 0.4) is 0 Å². The zero-order valence-corrected chi connectivity index (χ0v) is 26.3. The van der Waals surface area contributed by atoms with Gasteiger partial charge in [0, 0.05) is 17.9 Å². The molecule has 2 aromatic rings. The minimum absolute atomic E-state index is 0.0800. The van der Waals surface area contributed by atoms with E-state index in [1.807, 2.05) is 48.6 Å². The molecule has 6 nitrogen and oxygen atoms in total. The molecule has 0 bridgehead atoms. The number of hydrogen-bond acceptors (Lipinski definition) is 5. The fourth-order valence-corrected chi connectivity index (χ4v) is 5.70. The molecule has 0 unspecified atom stereocenters. The maximum Gasteiger partial charge on any atom is 0.223 e. The molecule has 0 spiro atoms. The van der Waals surface area contributed by atoms with E-state index in [2.05, 4.69) is 62.3 Å². The molecule has 0 radical (unpaired) electrons. The summed E-state index contributed by atoms with van der Waals surface area (Å²) in [6, 6.07) is 13.2. The highest BCUT2D eigenvalue weighted by Crippen LogP contribution is 2.27. The van der Waals surface area contributed by atoms with Crippen LogP contribution in [0.15, 0.2) is 81.7 Å². The molecule has 4 rings (SSSR count). The average molecular weight is 641 g/mol. The van der Waals surface area contributed by atoms with Gasteiger partial charge in [-0.3, -0.25) is 9.59 Å². The number of thiol groups is 1. The van der Waals surface area contributed by atoms with Gasteiger partial charge in [0.15, 0.2) is 0 Å². The fraction of sp³-hybridized carbons (Fsp3) is 0.394. The number of benzene rings is 2. The number of piperidine rings is 1. The monoisotopic (exact) mass is 639 g/mol. The predicted molar refractivity (Wildman–Crippen MR) is 176 cm³/mol. The molecule has 1 saturated heterocycles. The molecule has 1 fully saturated rings. The van der Waals surface area contributed by atoms with Crippen molar-refractivity contribution in [1.29, 1.82) is 0 Å². The van der Waals surface area contributed by atoms with Gasteiger partial charge >= 0.3 is 0 Å². The molecule has 2 amide bonds. The molecule has 1 heterocycles. The summed E-state index contributed by atoms with van der Waals surface area (Å²) in [5.74, 6) is 1.72. The van der Waals surface area contributed by atoms with E-state index in [4.69, 9.17) is 4.74 Å². The third-order valence-corrected chi connectivity index (χ3v) is 8.19. The van der Waals surface area contributed by atoms with Gasteiger partial charge in [-0.1, -0.05) is 54.2 Å². The van der Waals surface area contributed by atoms with E-state index in [9.17, 15) is 9.59 Å². The number of para-hydroxylation sites is 1. The van der Waals surface area contributed by atoms with Gasteiger partial charge in [-0.15, -0.1) is 12.6 Å². The lowest BCUT2D eigenvalue weighted by Crippen LogP contribution is -2.36. The number of halogens is 1. The topological polar surface area (TPSA) is 70.7 Å². The number of carbonyl (C=O) groups excluding carboxylic acids is 2. The molecule has 1 aliphatic carbocycles. The Morgan fingerprint density at radius 2 is 1.98 bits per heavy atom. The van der Waals surface area contributed by atoms with E-state index in [0.29, 0.717) is 12.8 Å². The number of nitrogens with zero attached hydrogens (tertiary/aromatic N) is 1. The summed E-state index contributed by atoms with van der Waals surface area (Å²) >= 11 is 7.59. The first kappa shape index (κ1) is 32.7. The Hall–Kier alpha value is -2.81. The Morgan fingerprint density at radius 1 is 1.17 bits per heavy atom. The van der Waals surface area contributed by atoms with Crippen molar-refractivity contribution in [3.63, 3.8) is 0 Å². The maximum absolute atomic E-state index is 12.1. The fourth-order valence-electron chi connectivity index (χ4n) is 4.92. The summed E-state index contributed by atoms with van der Waals surface area (Å²) in [6.45, 7) is 4.20. The van der Waals surface area contributed by atoms with Gasteiger partial charge in [0.05, 0.1) is 17.3 Å². The third kappa shape index (κ3) is 12.3. The van der Waals surface area contributed by atoms with Crippen molar-refractivity contribution in [2.24, 2.45) is 5.92 Å². The largest absolute Gasteiger partial charge is 0.496 e. The average Bonchev–Trinajstić information content (AvgIpc) is 2.98. The van der Waals surface area contributed by atoms with Crippen molar-refractivity contribution in [3.8, 4) is 5.75 Å². The molecule has 2 aliphatic rings. The lowest BCUT2D eigenvalue weighted by molar-refractivity contribution is -0.120. The number of likely N-dealkylation sites (tertiary alicyclic amines) is 1. The number of nitrogens with one attached hydrogen (secondary N) is 2. The van der Waals surface area contributed by atoms with Crippen LogP contribution in [0.2, 0.25) is 0 Å². The van der Waals surface area contributed by atoms with Gasteiger partial charge in [0.2, 0.25) is 12.3 Å². The summed E-state index contributed by atoms with van der Waals surface area (Å²) in [5, 5.41) is 5.56. The van der Waals surface area contributed by atoms with E-state index in [-0.39, 0.29) is 5.91 Å². The minimum atomic E-state index is 0.0800. The zero-order chi connectivity index (χ0) is 29.3. The number of allylic oxidation sites excluding steroid dienone is 4. The summed E-state index contributed by atoms with van der Waals surface area (Å²) in [7, 11) is 1.65. The quantitative estimate of drug-likeness (QED) is 0.130. The lowest BCUT2D eigenvalue weighted by Gasteiger charge is -2.32. The van der Waals surface area contributed by atoms with Crippen LogP contribution in [0.5, 0.6) is 5.75 Å². The molecule has 0 aromatic heterocycles. The molecule has 0 saturated carbocycles. The second kappa shape index (κ2) is 18.6. The number of amides is 2. The van der Waals surface area contributed by atoms with Gasteiger partial charge in [-0.2, -0.15) is 0 Å². The number of anilines is 1. The van der Waals surface area contributed by atoms with E-state index < -0.39 is 0 Å². The minimum Gasteiger partial charge on any atom is -0.496 e. The Balaban J connectivity index is 0.000000389. The zero-order valence-electron chi connectivity index (χ0n) is 23.9. The summed E-state index contributed by atoms with van der Waals surface area (Å²) < 4.78 is 6.14. The molecule has 220 valence electrons. The normalized spacial score (nSPS) is 15.5. The van der Waals surface area contributed by atoms with Gasteiger partial charge in [-0.05, 0) is 110 Å². The Morgan fingerprint density at radius 3 is 2.66 bits per heavy atom. The maximum atomic E-state index is 12.1. The summed E-state index contributed by atoms with van der Waals surface area (Å²) in [5.41, 5.74) is 3.32. The van der Waals surface area contributed by atoms with Crippen molar-refractivity contribution in [3.05, 3.63) is 82.4 Å². The number of rotatable bonds is 12. The molecule has 8 heteroatoms. The van der Waals surface area contributed by atoms with E-state index in [0.717, 1.165) is 51.8 Å². The molecule has 2 N–H and O–H groups in total. The molecule has 2 aromatic carbocycles. The molecule has 0 atom stereocenters. The number of ether oxygens (including phenoxy) is 1. The first-order chi connectivity index (χ1) is 20.0. The Bertz CT molecular complexity index is 1210. The highest BCUT2D eigenvalue weighted by atomic mass is 79.9. The first-order valence-corrected chi connectivity index (χ1v) is 15.6. The van der Waals surface area contributed by atoms with Crippen molar-refractivity contribution < 1.29 is 14.3 Å². The summed E-state index contributed by atoms with van der Waals surface area (Å²) in [6.07, 6.45) is 19.2. The van der Waals surface area contributed by atoms with Gasteiger partial charge in [0.1, 0.15) is 5.75 Å². The highest BCUT2D eigenvalue weighted by Gasteiger charge is 2.19. The van der Waals surface area contributed by atoms with Gasteiger partial charge in [0.25, 0.3) is 0 Å². The lowest BCUT2D eigenvalue weighted by atomic mass is 9.88. The van der Waals surface area contributed by atoms with Gasteiger partial charge in [-0.25, -0.2) is 0 Å². The molecule has 41 heavy (non-hydrogen) atoms. The Labute approximate surface area is 258 Å². The number of carbonyl (C=O) groups is 2. The first-order valence-electron chi connectivity index (χ1n) is 14.3. The van der Waals surface area contributed by atoms with Crippen LogP contribution in [0.25, 0.3) is 6.08 Å². The van der Waals surface area contributed by atoms with Crippen molar-refractivity contribution in [2.75, 3.05) is 38.6 Å². The van der Waals surface area contributed by atoms with Crippen molar-refractivity contribution in [1.82, 2.24) is 10.2 Å². The standard InChI is InChI=1S/C26H35BrN2O2.C7H7NOS/c1-31-25-12-11-22(20-24(25)27)9-5-10-26(30)28-15-6-16-29-17-13-23(14-18-29)19-21-7-3-2-4-8-21;9-5-8-6-3-1-2-4-7(6)10/h3,5,7-9,11-12,20,23H,2,4,6,10,13-19H2,1H3,(H,28,30);1-5,10H,(H,8,9)/b9-5+;. The van der Waals surface area contributed by atoms with E-state index >= 15 is 0 Å². The van der Waals surface area contributed by atoms with Crippen LogP contribution >= 0.6 is 28.6 Å². The van der Waals surface area contributed by atoms with Crippen LogP contribution in [-0.2, 0) is 9.59 Å². The van der Waals surface area contributed by atoms with Crippen LogP contribution in [0.4, 0.5) is 5.69 Å². The van der Waals surface area contributed by atoms with Crippen LogP contribution in [-0.4, -0.2) is 50.5 Å². The van der Waals surface area contributed by atoms with Crippen LogP contribution in [0, 0.1) is 5.92 Å². The highest BCUT2D eigenvalue weighted by molar-refractivity contribution is 9.10. The third-order valence-electron chi connectivity index (χ3n) is 7.18. The number of methoxy groups -OCH3 is 1. The molecular formula is C33H42BrN3O3S. The van der Waals surface area contributed by atoms with E-state index in [1.165, 1.54) is 45.2 Å². The molecule has 1 aliphatic heterocycles. The smallest absolute Gasteiger partial charge is 0.223 e. The van der Waals surface area contributed by atoms with Crippen LogP contribution in [0.1, 0.15) is 50.5 Å². The Kier molecular flexibility index (Phi) is 14.8. The van der Waals surface area contributed by atoms with Crippen molar-refractivity contribution in [2.45, 2.75) is 49.8 Å². The van der Waals surface area contributed by atoms with Crippen LogP contribution < -0.4 is 15.4 Å². The summed E-state index contributed by atoms with van der Waals surface area (Å²) in [4.78, 5) is 25.4. The SMILES string of the molecule is COc1ccc(/C=C/CC(=O)NCCCN2CCC(CC3=CCCC=C3)CC2)cc1Br.O=CNc1ccccc1S. The molecular weight excluding hydrogens is 598 g/mol. The second-order valence-corrected chi connectivity index (χ2v) is 11.6. The number of hydrogen-bond donors (Lipinski definition) is 3. The second-order valence-electron chi connectivity index (χ2n) is 10.2. The van der Waals surface area contributed by atoms with Crippen molar-refractivity contribution >= 4 is 52.6 Å². The van der Waals surface area contributed by atoms with E-state index in [1.54, 1.807) is 18.7 Å². The predicted octanol–water partition coefficient (Wildman–Crippen LogP) is 7.29.